The minimum atomic E-state index is -2.48. The molecule has 1 aromatic heterocycles. The monoisotopic (exact) mass is 1900 g/mol. The average Bonchev–Trinajstić information content (AvgIpc) is 0.983. The van der Waals surface area contributed by atoms with Gasteiger partial charge in [0.05, 0.1) is 51.8 Å². The summed E-state index contributed by atoms with van der Waals surface area (Å²) in [4.78, 5) is 299. The van der Waals surface area contributed by atoms with Crippen molar-refractivity contribution in [2.45, 2.75) is 216 Å². The molecule has 46 heteroatoms. The number of aliphatic hydroxyl groups excluding tert-OH is 1. The zero-order valence-electron chi connectivity index (χ0n) is 75.5. The second-order valence-electron chi connectivity index (χ2n) is 32.9. The number of rotatable bonds is 40. The molecule has 736 valence electrons. The van der Waals surface area contributed by atoms with Crippen molar-refractivity contribution in [3.05, 3.63) is 132 Å². The third kappa shape index (κ3) is 35.2. The van der Waals surface area contributed by atoms with Crippen LogP contribution in [0.4, 0.5) is 11.4 Å². The first-order valence-electron chi connectivity index (χ1n) is 44.4. The van der Waals surface area contributed by atoms with Crippen LogP contribution in [0.25, 0.3) is 10.9 Å². The highest BCUT2D eigenvalue weighted by molar-refractivity contribution is 6.05. The summed E-state index contributed by atoms with van der Waals surface area (Å²) in [6.07, 6.45) is -2.52. The van der Waals surface area contributed by atoms with Crippen molar-refractivity contribution in [3.8, 4) is 0 Å². The van der Waals surface area contributed by atoms with E-state index in [1.54, 1.807) is 59.6 Å². The van der Waals surface area contributed by atoms with Crippen LogP contribution >= 0.6 is 0 Å². The number of unbranched alkanes of at least 4 members (excludes halogenated alkanes) is 6. The lowest BCUT2D eigenvalue weighted by Crippen LogP contribution is -2.62. The van der Waals surface area contributed by atoms with Gasteiger partial charge in [0.15, 0.2) is 5.78 Å². The van der Waals surface area contributed by atoms with Gasteiger partial charge in [0.1, 0.15) is 72.6 Å². The third-order valence-corrected chi connectivity index (χ3v) is 22.2. The number of anilines is 2. The molecule has 13 atom stereocenters. The molecule has 136 heavy (non-hydrogen) atoms. The number of carboxylic acid groups (broad SMARTS) is 4. The number of ketones is 1. The first-order valence-corrected chi connectivity index (χ1v) is 44.4. The number of carbonyl (C=O) groups is 21. The zero-order valence-corrected chi connectivity index (χ0v) is 75.5. The number of nitrogen functional groups attached to an aromatic ring is 1. The fraction of sp³-hybridized carbons (Fsp3) is 0.478. The van der Waals surface area contributed by atoms with Gasteiger partial charge in [-0.1, -0.05) is 113 Å². The summed E-state index contributed by atoms with van der Waals surface area (Å²) in [5, 5.41) is 83.2. The normalized spacial score (nSPS) is 20.4. The number of amides is 15. The van der Waals surface area contributed by atoms with Gasteiger partial charge in [-0.15, -0.1) is 0 Å². The van der Waals surface area contributed by atoms with E-state index < -0.39 is 261 Å². The van der Waals surface area contributed by atoms with Gasteiger partial charge in [0.25, 0.3) is 5.91 Å². The van der Waals surface area contributed by atoms with Crippen LogP contribution in [0.15, 0.2) is 109 Å². The van der Waals surface area contributed by atoms with E-state index >= 15 is 14.4 Å². The van der Waals surface area contributed by atoms with Crippen LogP contribution in [0.2, 0.25) is 0 Å². The number of fused-ring (bicyclic) bond motifs is 1. The van der Waals surface area contributed by atoms with E-state index in [1.807, 2.05) is 41.0 Å². The number of piperazine rings is 1. The molecule has 7 rings (SSSR count). The lowest BCUT2D eigenvalue weighted by atomic mass is 9.96. The second-order valence-corrected chi connectivity index (χ2v) is 32.9. The lowest BCUT2D eigenvalue weighted by molar-refractivity contribution is -0.156. The molecule has 0 spiro atoms. The summed E-state index contributed by atoms with van der Waals surface area (Å²) in [7, 11) is 0. The first kappa shape index (κ1) is 108. The number of hydrogen-bond donors (Lipinski definition) is 22. The summed E-state index contributed by atoms with van der Waals surface area (Å²) in [5.74, 6) is -30.1. The number of cyclic esters (lactones) is 1. The predicted octanol–water partition coefficient (Wildman–Crippen LogP) is -2.83. The summed E-state index contributed by atoms with van der Waals surface area (Å²) < 4.78 is 5.77. The van der Waals surface area contributed by atoms with Gasteiger partial charge in [-0.05, 0) is 99.2 Å². The molecule has 24 N–H and O–H groups in total. The Hall–Kier alpha value is -15.0. The number of ether oxygens (including phenoxy) is 1. The Morgan fingerprint density at radius 1 is 0.529 bits per heavy atom. The van der Waals surface area contributed by atoms with Crippen molar-refractivity contribution in [3.63, 3.8) is 0 Å². The number of carboxylic acids is 4. The largest absolute Gasteiger partial charge is 0.481 e. The Morgan fingerprint density at radius 3 is 1.71 bits per heavy atom. The molecule has 2 aliphatic rings. The molecule has 15 amide bonds. The van der Waals surface area contributed by atoms with E-state index in [9.17, 15) is 112 Å². The van der Waals surface area contributed by atoms with Gasteiger partial charge in [-0.3, -0.25) is 95.9 Å². The standard InChI is InChI=1S/C90H119N19O27/c1-5-6-7-8-9-10-14-27-70(113)99-61(38-54-45-94-59-25-18-16-22-56(54)59)83(128)102-62(40-69(92)112)84(129)104-65(43-76(122)123)85(130)107-78-51(4)136-90(135)66(39-68(111)57-23-15-17-24-58(57)91)105-88(133)77(49(2)37-73(116)117)106-86(131)67(48-110)100-72(115)46-95-80(125)63(41-74(118)119)101-79(124)50(3)97-82(127)64(42-75(120)121)103-81(126)60(98-71(114)47-96-87(78)132)26-19-32-93-44-52-28-30-53(31-29-52)89(134)109-35-33-108(34-36-109)55-20-12-11-13-21-55/h11-13,15-18,20-25,28-31,45,49-51,60-67,77-78,93-94,110H,5-10,14,19,26-27,32-44,46-48,91H2,1-4H3,(H2,92,112)(H,95,125)(H,96,132)(H,97,127)(H,98,114)(H,99,113)(H,100,115)(H,101,124)(H,102,128)(H,103,126)(H,104,129)(H,105,133)(H,106,131)(H,107,130)(H,116,117)(H,118,119)(H,120,121)(H,122,123). The highest BCUT2D eigenvalue weighted by Gasteiger charge is 2.42. The highest BCUT2D eigenvalue weighted by Crippen LogP contribution is 2.23. The number of para-hydroxylation sites is 3. The third-order valence-electron chi connectivity index (χ3n) is 22.2. The molecule has 2 aliphatic heterocycles. The van der Waals surface area contributed by atoms with Crippen molar-refractivity contribution in [2.24, 2.45) is 11.7 Å². The van der Waals surface area contributed by atoms with E-state index in [-0.39, 0.29) is 49.5 Å². The molecule has 5 aromatic rings. The summed E-state index contributed by atoms with van der Waals surface area (Å²) in [6, 6.07) is 5.57. The van der Waals surface area contributed by atoms with E-state index in [1.165, 1.54) is 24.3 Å². The number of esters is 1. The van der Waals surface area contributed by atoms with Crippen LogP contribution in [0.1, 0.15) is 162 Å². The minimum Gasteiger partial charge on any atom is -0.481 e. The average molecular weight is 1900 g/mol. The molecule has 2 fully saturated rings. The number of nitrogens with two attached hydrogens (primary N) is 2. The number of hydrogen-bond acceptors (Lipinski definition) is 26. The van der Waals surface area contributed by atoms with Crippen LogP contribution in [-0.2, 0) is 109 Å². The number of carbonyl (C=O) groups excluding carboxylic acids is 17. The summed E-state index contributed by atoms with van der Waals surface area (Å²) in [6.45, 7) is 3.56. The van der Waals surface area contributed by atoms with Crippen molar-refractivity contribution in [2.75, 3.05) is 63.1 Å². The van der Waals surface area contributed by atoms with Gasteiger partial charge in [0.2, 0.25) is 82.7 Å². The van der Waals surface area contributed by atoms with E-state index in [0.29, 0.717) is 66.6 Å². The minimum absolute atomic E-state index is 0.0283. The van der Waals surface area contributed by atoms with Crippen molar-refractivity contribution < 1.29 is 131 Å². The molecular formula is C90H119N19O27. The Morgan fingerprint density at radius 2 is 1.09 bits per heavy atom. The van der Waals surface area contributed by atoms with Gasteiger partial charge in [-0.2, -0.15) is 0 Å². The molecule has 2 saturated heterocycles. The van der Waals surface area contributed by atoms with Crippen LogP contribution in [0.5, 0.6) is 0 Å². The molecule has 0 radical (unpaired) electrons. The van der Waals surface area contributed by atoms with Gasteiger partial charge < -0.3 is 131 Å². The number of aromatic amines is 1. The number of aliphatic hydroxyl groups is 1. The smallest absolute Gasteiger partial charge is 0.329 e. The summed E-state index contributed by atoms with van der Waals surface area (Å²) in [5.41, 5.74) is 14.6. The van der Waals surface area contributed by atoms with Crippen LogP contribution in [-0.4, -0.2) is 285 Å². The number of aromatic nitrogens is 1. The van der Waals surface area contributed by atoms with Crippen LogP contribution in [0.3, 0.4) is 0 Å². The fourth-order valence-corrected chi connectivity index (χ4v) is 14.8. The number of nitrogens with zero attached hydrogens (tertiary/aromatic N) is 2. The first-order chi connectivity index (χ1) is 64.7. The van der Waals surface area contributed by atoms with E-state index in [4.69, 9.17) is 16.2 Å². The molecule has 3 heterocycles. The maximum Gasteiger partial charge on any atom is 0.329 e. The number of H-pyrrole nitrogens is 1. The van der Waals surface area contributed by atoms with E-state index in [2.05, 4.69) is 80.6 Å². The summed E-state index contributed by atoms with van der Waals surface area (Å²) >= 11 is 0. The van der Waals surface area contributed by atoms with Gasteiger partial charge in [-0.25, -0.2) is 4.79 Å². The number of benzene rings is 4. The number of aliphatic carboxylic acids is 4. The molecule has 13 unspecified atom stereocenters. The van der Waals surface area contributed by atoms with Crippen molar-refractivity contribution in [1.82, 2.24) is 84.3 Å². The van der Waals surface area contributed by atoms with Crippen molar-refractivity contribution in [1.29, 1.82) is 0 Å². The second kappa shape index (κ2) is 54.2. The highest BCUT2D eigenvalue weighted by atomic mass is 16.5. The molecule has 0 bridgehead atoms. The molecule has 0 aliphatic carbocycles. The molecule has 0 saturated carbocycles. The fourth-order valence-electron chi connectivity index (χ4n) is 14.8. The van der Waals surface area contributed by atoms with Gasteiger partial charge >= 0.3 is 29.8 Å². The Balaban J connectivity index is 1.25. The van der Waals surface area contributed by atoms with Crippen molar-refractivity contribution >= 4 is 147 Å². The topological polar surface area (TPSA) is 712 Å². The molecule has 4 aromatic carbocycles. The predicted molar refractivity (Wildman–Crippen MR) is 484 cm³/mol. The zero-order chi connectivity index (χ0) is 99.8. The SMILES string of the molecule is CCCCCCCCCC(=O)NC(Cc1c[nH]c2ccccc12)C(=O)NC(CC(N)=O)C(=O)NC(CC(=O)O)C(=O)NC1C(=O)NCC(=O)NC(CCCNCc2ccc(C(=O)N3CCN(c4ccccc4)CC3)cc2)C(=O)NC(CC(=O)O)C(=O)NC(C)C(=O)NC(CC(=O)O)C(=O)NCC(=O)NC(CO)C(=O)NC(C(C)CC(=O)O)C(=O)NC(CC(=O)c2ccccc2N)C(=O)OC1C. The Labute approximate surface area is 780 Å². The Bertz CT molecular complexity index is 5110. The van der Waals surface area contributed by atoms with Crippen LogP contribution < -0.4 is 90.8 Å². The number of primary amides is 1. The number of Topliss-reactive ketones (excluding diaryl/α,β-unsaturated/α-hetero) is 1. The number of nitrogens with one attached hydrogen (secondary N) is 15. The quantitative estimate of drug-likeness (QED) is 0.00813. The lowest BCUT2D eigenvalue weighted by Gasteiger charge is -2.36. The maximum atomic E-state index is 15.1. The maximum absolute atomic E-state index is 15.1. The van der Waals surface area contributed by atoms with E-state index in [0.717, 1.165) is 58.6 Å². The molecular weight excluding hydrogens is 1780 g/mol. The van der Waals surface area contributed by atoms with Crippen LogP contribution in [0, 0.1) is 5.92 Å². The Kier molecular flexibility index (Phi) is 43.1. The molecule has 46 nitrogen and oxygen atoms in total. The van der Waals surface area contributed by atoms with Gasteiger partial charge in [0, 0.05) is 91.6 Å².